The maximum Gasteiger partial charge on any atom is 0.242 e. The van der Waals surface area contributed by atoms with Gasteiger partial charge in [0.25, 0.3) is 0 Å². The van der Waals surface area contributed by atoms with Gasteiger partial charge in [-0.05, 0) is 11.6 Å². The molecule has 0 fully saturated rings. The number of nitrogens with one attached hydrogen (secondary N) is 1. The van der Waals surface area contributed by atoms with Crippen molar-refractivity contribution in [1.82, 2.24) is 15.2 Å². The SMILES string of the molecule is Cl.NCc1nc(Cl)n[nH]1. The van der Waals surface area contributed by atoms with E-state index in [1.807, 2.05) is 0 Å². The highest BCUT2D eigenvalue weighted by Gasteiger charge is 1.93. The minimum absolute atomic E-state index is 0. The molecule has 6 heteroatoms. The van der Waals surface area contributed by atoms with Crippen molar-refractivity contribution in [3.8, 4) is 0 Å². The first-order valence-corrected chi connectivity index (χ1v) is 2.47. The van der Waals surface area contributed by atoms with Crippen LogP contribution >= 0.6 is 24.0 Å². The lowest BCUT2D eigenvalue weighted by Gasteiger charge is -1.78. The van der Waals surface area contributed by atoms with Gasteiger partial charge < -0.3 is 5.73 Å². The number of halogens is 2. The molecule has 0 atom stereocenters. The van der Waals surface area contributed by atoms with Crippen LogP contribution in [0.25, 0.3) is 0 Å². The zero-order valence-electron chi connectivity index (χ0n) is 4.47. The number of nitrogens with zero attached hydrogens (tertiary/aromatic N) is 2. The lowest BCUT2D eigenvalue weighted by atomic mass is 10.6. The van der Waals surface area contributed by atoms with Crippen molar-refractivity contribution in [1.29, 1.82) is 0 Å². The standard InChI is InChI=1S/C3H5ClN4.ClH/c4-3-6-2(1-5)7-8-3;/h1,5H2,(H,6,7,8);1H. The fraction of sp³-hybridized carbons (Fsp3) is 0.333. The number of H-pyrrole nitrogens is 1. The first-order chi connectivity index (χ1) is 3.83. The Labute approximate surface area is 63.2 Å². The van der Waals surface area contributed by atoms with Gasteiger partial charge in [-0.15, -0.1) is 17.5 Å². The minimum Gasteiger partial charge on any atom is -0.324 e. The van der Waals surface area contributed by atoms with Gasteiger partial charge in [0.05, 0.1) is 6.54 Å². The van der Waals surface area contributed by atoms with E-state index < -0.39 is 0 Å². The Bertz CT molecular complexity index is 174. The van der Waals surface area contributed by atoms with E-state index in [1.165, 1.54) is 0 Å². The van der Waals surface area contributed by atoms with Crippen LogP contribution in [0.3, 0.4) is 0 Å². The Hall–Kier alpha value is -0.320. The largest absolute Gasteiger partial charge is 0.324 e. The quantitative estimate of drug-likeness (QED) is 0.636. The van der Waals surface area contributed by atoms with Crippen LogP contribution in [0.5, 0.6) is 0 Å². The Morgan fingerprint density at radius 2 is 2.33 bits per heavy atom. The summed E-state index contributed by atoms with van der Waals surface area (Å²) in [6, 6.07) is 0. The van der Waals surface area contributed by atoms with Crippen LogP contribution in [0, 0.1) is 0 Å². The molecule has 0 radical (unpaired) electrons. The van der Waals surface area contributed by atoms with E-state index in [2.05, 4.69) is 15.2 Å². The second-order valence-electron chi connectivity index (χ2n) is 1.26. The summed E-state index contributed by atoms with van der Waals surface area (Å²) in [5, 5.41) is 6.29. The van der Waals surface area contributed by atoms with Crippen LogP contribution in [-0.2, 0) is 6.54 Å². The van der Waals surface area contributed by atoms with Crippen molar-refractivity contribution < 1.29 is 0 Å². The van der Waals surface area contributed by atoms with Gasteiger partial charge in [0.2, 0.25) is 5.28 Å². The minimum atomic E-state index is 0. The zero-order chi connectivity index (χ0) is 5.98. The molecule has 0 saturated heterocycles. The summed E-state index contributed by atoms with van der Waals surface area (Å²) in [7, 11) is 0. The van der Waals surface area contributed by atoms with Crippen LogP contribution in [-0.4, -0.2) is 15.2 Å². The molecular formula is C3H6Cl2N4. The highest BCUT2D eigenvalue weighted by molar-refractivity contribution is 6.28. The molecule has 0 aliphatic heterocycles. The van der Waals surface area contributed by atoms with E-state index in [-0.39, 0.29) is 17.7 Å². The molecule has 1 aromatic heterocycles. The summed E-state index contributed by atoms with van der Waals surface area (Å²) in [4.78, 5) is 3.70. The van der Waals surface area contributed by atoms with Gasteiger partial charge in [0, 0.05) is 0 Å². The molecular weight excluding hydrogens is 163 g/mol. The summed E-state index contributed by atoms with van der Waals surface area (Å²) in [6.07, 6.45) is 0. The van der Waals surface area contributed by atoms with Gasteiger partial charge in [-0.3, -0.25) is 5.10 Å². The molecule has 0 amide bonds. The van der Waals surface area contributed by atoms with Crippen molar-refractivity contribution in [3.05, 3.63) is 11.1 Å². The van der Waals surface area contributed by atoms with Gasteiger partial charge in [0.1, 0.15) is 5.82 Å². The second-order valence-corrected chi connectivity index (χ2v) is 1.59. The highest BCUT2D eigenvalue weighted by atomic mass is 35.5. The molecule has 0 unspecified atom stereocenters. The molecule has 1 aromatic rings. The van der Waals surface area contributed by atoms with Crippen molar-refractivity contribution >= 4 is 24.0 Å². The predicted molar refractivity (Wildman–Crippen MR) is 36.5 cm³/mol. The van der Waals surface area contributed by atoms with Crippen LogP contribution in [0.2, 0.25) is 5.28 Å². The Balaban J connectivity index is 0.000000640. The maximum atomic E-state index is 5.33. The summed E-state index contributed by atoms with van der Waals surface area (Å²) >= 11 is 5.33. The van der Waals surface area contributed by atoms with Gasteiger partial charge in [0.15, 0.2) is 0 Å². The molecule has 1 heterocycles. The number of hydrogen-bond donors (Lipinski definition) is 2. The summed E-state index contributed by atoms with van der Waals surface area (Å²) in [5.74, 6) is 0.606. The predicted octanol–water partition coefficient (Wildman–Crippen LogP) is 0.339. The molecule has 0 aliphatic rings. The normalized spacial score (nSPS) is 8.67. The Kier molecular flexibility index (Phi) is 3.53. The monoisotopic (exact) mass is 168 g/mol. The van der Waals surface area contributed by atoms with E-state index in [9.17, 15) is 0 Å². The molecule has 9 heavy (non-hydrogen) atoms. The number of aromatic amines is 1. The van der Waals surface area contributed by atoms with Crippen LogP contribution in [0.4, 0.5) is 0 Å². The highest BCUT2D eigenvalue weighted by Crippen LogP contribution is 1.96. The van der Waals surface area contributed by atoms with Crippen molar-refractivity contribution in [2.75, 3.05) is 0 Å². The molecule has 0 spiro atoms. The topological polar surface area (TPSA) is 67.6 Å². The number of aromatic nitrogens is 3. The van der Waals surface area contributed by atoms with E-state index in [4.69, 9.17) is 17.3 Å². The maximum absolute atomic E-state index is 5.33. The summed E-state index contributed by atoms with van der Waals surface area (Å²) < 4.78 is 0. The first kappa shape index (κ1) is 8.68. The van der Waals surface area contributed by atoms with Crippen molar-refractivity contribution in [3.63, 3.8) is 0 Å². The van der Waals surface area contributed by atoms with Gasteiger partial charge in [-0.25, -0.2) is 4.98 Å². The van der Waals surface area contributed by atoms with Gasteiger partial charge in [-0.2, -0.15) is 0 Å². The van der Waals surface area contributed by atoms with E-state index >= 15 is 0 Å². The van der Waals surface area contributed by atoms with Crippen LogP contribution in [0.15, 0.2) is 0 Å². The number of nitrogens with two attached hydrogens (primary N) is 1. The molecule has 0 aliphatic carbocycles. The Morgan fingerprint density at radius 3 is 2.56 bits per heavy atom. The lowest BCUT2D eigenvalue weighted by Crippen LogP contribution is -1.97. The van der Waals surface area contributed by atoms with E-state index in [0.717, 1.165) is 0 Å². The van der Waals surface area contributed by atoms with Crippen LogP contribution < -0.4 is 5.73 Å². The van der Waals surface area contributed by atoms with Gasteiger partial charge in [-0.1, -0.05) is 0 Å². The average Bonchev–Trinajstić information content (AvgIpc) is 2.14. The molecule has 4 nitrogen and oxygen atoms in total. The zero-order valence-corrected chi connectivity index (χ0v) is 6.04. The second kappa shape index (κ2) is 3.66. The fourth-order valence-corrected chi connectivity index (χ4v) is 0.508. The van der Waals surface area contributed by atoms with E-state index in [1.54, 1.807) is 0 Å². The van der Waals surface area contributed by atoms with E-state index in [0.29, 0.717) is 12.4 Å². The average molecular weight is 169 g/mol. The molecule has 0 aromatic carbocycles. The van der Waals surface area contributed by atoms with Crippen molar-refractivity contribution in [2.45, 2.75) is 6.54 Å². The number of rotatable bonds is 1. The summed E-state index contributed by atoms with van der Waals surface area (Å²) in [5.41, 5.74) is 5.17. The lowest BCUT2D eigenvalue weighted by molar-refractivity contribution is 0.917. The molecule has 1 rings (SSSR count). The third-order valence-corrected chi connectivity index (χ3v) is 0.867. The van der Waals surface area contributed by atoms with Crippen LogP contribution in [0.1, 0.15) is 5.82 Å². The fourth-order valence-electron chi connectivity index (χ4n) is 0.363. The third kappa shape index (κ3) is 2.17. The molecule has 52 valence electrons. The third-order valence-electron chi connectivity index (χ3n) is 0.698. The van der Waals surface area contributed by atoms with Gasteiger partial charge >= 0.3 is 0 Å². The number of hydrogen-bond acceptors (Lipinski definition) is 3. The smallest absolute Gasteiger partial charge is 0.242 e. The molecule has 3 N–H and O–H groups in total. The first-order valence-electron chi connectivity index (χ1n) is 2.10. The molecule has 0 bridgehead atoms. The Morgan fingerprint density at radius 1 is 1.67 bits per heavy atom. The molecule has 0 saturated carbocycles. The summed E-state index contributed by atoms with van der Waals surface area (Å²) in [6.45, 7) is 0.347. The van der Waals surface area contributed by atoms with Crippen molar-refractivity contribution in [2.24, 2.45) is 5.73 Å².